The fraction of sp³-hybridized carbons (Fsp3) is 0.267. The largest absolute Gasteiger partial charge is 0.478 e. The molecule has 1 amide bonds. The Morgan fingerprint density at radius 1 is 1.21 bits per heavy atom. The molecule has 0 bridgehead atoms. The van der Waals surface area contributed by atoms with Crippen LogP contribution in [0, 0.1) is 5.92 Å². The number of β-lactam (4-membered cyclic amide) rings is 1. The first-order chi connectivity index (χ1) is 11.3. The number of aromatic carboxylic acids is 1. The van der Waals surface area contributed by atoms with E-state index in [1.165, 1.54) is 31.2 Å². The number of hydrogen-bond donors (Lipinski definition) is 3. The van der Waals surface area contributed by atoms with Gasteiger partial charge in [-0.2, -0.15) is 0 Å². The van der Waals surface area contributed by atoms with Gasteiger partial charge in [0.25, 0.3) is 0 Å². The summed E-state index contributed by atoms with van der Waals surface area (Å²) in [5.41, 5.74) is -0.198. The minimum absolute atomic E-state index is 0.0343. The Morgan fingerprint density at radius 2 is 1.83 bits per heavy atom. The molecule has 1 fully saturated rings. The quantitative estimate of drug-likeness (QED) is 0.669. The number of rotatable bonds is 5. The van der Waals surface area contributed by atoms with Gasteiger partial charge in [-0.25, -0.2) is 9.59 Å². The number of hydrogen-bond acceptors (Lipinski definition) is 6. The van der Waals surface area contributed by atoms with Crippen LogP contribution < -0.4 is 4.74 Å². The van der Waals surface area contributed by atoms with E-state index in [9.17, 15) is 24.6 Å². The zero-order valence-electron chi connectivity index (χ0n) is 12.4. The summed E-state index contributed by atoms with van der Waals surface area (Å²) in [5.74, 6) is -3.28. The van der Waals surface area contributed by atoms with Crippen LogP contribution in [0.5, 0.6) is 5.75 Å². The fourth-order valence-corrected chi connectivity index (χ4v) is 4.06. The first-order valence-corrected chi connectivity index (χ1v) is 7.85. The minimum atomic E-state index is -1.31. The SMILES string of the molecule is C[C@@H](O)[C@H]1C(=O)N2C(C(=O)O)=C(Oc3ccc(C(=O)O)cc3)S[C@H]12. The van der Waals surface area contributed by atoms with Gasteiger partial charge in [0.2, 0.25) is 5.91 Å². The molecule has 1 aromatic rings. The van der Waals surface area contributed by atoms with Gasteiger partial charge in [0, 0.05) is 0 Å². The van der Waals surface area contributed by atoms with Crippen molar-refractivity contribution < 1.29 is 34.4 Å². The van der Waals surface area contributed by atoms with Crippen LogP contribution in [0.1, 0.15) is 17.3 Å². The van der Waals surface area contributed by atoms with Crippen LogP contribution in [-0.4, -0.2) is 49.5 Å². The number of aliphatic hydroxyl groups excluding tert-OH is 1. The Balaban J connectivity index is 1.86. The molecule has 126 valence electrons. The van der Waals surface area contributed by atoms with Crippen molar-refractivity contribution >= 4 is 29.6 Å². The summed E-state index contributed by atoms with van der Waals surface area (Å²) < 4.78 is 5.53. The van der Waals surface area contributed by atoms with Crippen LogP contribution in [0.4, 0.5) is 0 Å². The normalized spacial score (nSPS) is 23.6. The summed E-state index contributed by atoms with van der Waals surface area (Å²) in [4.78, 5) is 35.5. The monoisotopic (exact) mass is 351 g/mol. The predicted octanol–water partition coefficient (Wildman–Crippen LogP) is 0.929. The molecule has 24 heavy (non-hydrogen) atoms. The second kappa shape index (κ2) is 5.84. The number of aliphatic carboxylic acids is 1. The molecule has 0 unspecified atom stereocenters. The lowest BCUT2D eigenvalue weighted by Gasteiger charge is -2.43. The van der Waals surface area contributed by atoms with Crippen molar-refractivity contribution in [3.05, 3.63) is 40.6 Å². The van der Waals surface area contributed by atoms with Crippen LogP contribution in [-0.2, 0) is 9.59 Å². The number of carbonyl (C=O) groups excluding carboxylic acids is 1. The summed E-state index contributed by atoms with van der Waals surface area (Å²) in [6, 6.07) is 5.47. The fourth-order valence-electron chi connectivity index (χ4n) is 2.59. The van der Waals surface area contributed by atoms with Gasteiger partial charge < -0.3 is 20.1 Å². The first kappa shape index (κ1) is 16.3. The van der Waals surface area contributed by atoms with Crippen molar-refractivity contribution in [3.63, 3.8) is 0 Å². The van der Waals surface area contributed by atoms with Crippen LogP contribution in [0.3, 0.4) is 0 Å². The highest BCUT2D eigenvalue weighted by Gasteiger charge is 2.58. The molecule has 0 spiro atoms. The summed E-state index contributed by atoms with van der Waals surface area (Å²) in [5, 5.41) is 27.4. The van der Waals surface area contributed by atoms with Crippen molar-refractivity contribution in [1.82, 2.24) is 4.90 Å². The number of carboxylic acid groups (broad SMARTS) is 2. The lowest BCUT2D eigenvalue weighted by molar-refractivity contribution is -0.156. The third-order valence-electron chi connectivity index (χ3n) is 3.78. The average Bonchev–Trinajstić information content (AvgIpc) is 2.81. The van der Waals surface area contributed by atoms with E-state index in [1.807, 2.05) is 0 Å². The molecular formula is C15H13NO7S. The highest BCUT2D eigenvalue weighted by Crippen LogP contribution is 2.50. The summed E-state index contributed by atoms with van der Waals surface area (Å²) in [6.07, 6.45) is -0.893. The summed E-state index contributed by atoms with van der Waals surface area (Å²) in [7, 11) is 0. The van der Waals surface area contributed by atoms with Crippen molar-refractivity contribution in [2.75, 3.05) is 0 Å². The van der Waals surface area contributed by atoms with Gasteiger partial charge in [0.15, 0.2) is 10.8 Å². The Hall–Kier alpha value is -2.52. The van der Waals surface area contributed by atoms with Gasteiger partial charge >= 0.3 is 11.9 Å². The summed E-state index contributed by atoms with van der Waals surface area (Å²) >= 11 is 1.05. The molecule has 2 aliphatic heterocycles. The first-order valence-electron chi connectivity index (χ1n) is 6.98. The van der Waals surface area contributed by atoms with Crippen molar-refractivity contribution in [2.45, 2.75) is 18.4 Å². The van der Waals surface area contributed by atoms with Crippen LogP contribution in [0.15, 0.2) is 35.1 Å². The topological polar surface area (TPSA) is 124 Å². The molecule has 0 aliphatic carbocycles. The van der Waals surface area contributed by atoms with Gasteiger partial charge in [-0.15, -0.1) is 0 Å². The van der Waals surface area contributed by atoms with Crippen molar-refractivity contribution in [2.24, 2.45) is 5.92 Å². The van der Waals surface area contributed by atoms with Gasteiger partial charge in [0.1, 0.15) is 11.1 Å². The molecule has 0 radical (unpaired) electrons. The molecule has 2 aliphatic rings. The van der Waals surface area contributed by atoms with Gasteiger partial charge in [-0.1, -0.05) is 11.8 Å². The Labute approximate surface area is 140 Å². The van der Waals surface area contributed by atoms with Gasteiger partial charge in [-0.05, 0) is 31.2 Å². The average molecular weight is 351 g/mol. The number of amides is 1. The molecule has 1 aromatic carbocycles. The predicted molar refractivity (Wildman–Crippen MR) is 82.1 cm³/mol. The Bertz CT molecular complexity index is 756. The van der Waals surface area contributed by atoms with E-state index in [-0.39, 0.29) is 22.1 Å². The molecule has 8 nitrogen and oxygen atoms in total. The number of aliphatic hydroxyl groups is 1. The maximum absolute atomic E-state index is 12.1. The second-order valence-corrected chi connectivity index (χ2v) is 6.45. The number of ether oxygens (including phenoxy) is 1. The zero-order valence-corrected chi connectivity index (χ0v) is 13.2. The van der Waals surface area contributed by atoms with Gasteiger partial charge in [-0.3, -0.25) is 9.69 Å². The highest BCUT2D eigenvalue weighted by molar-refractivity contribution is 8.03. The molecule has 3 rings (SSSR count). The molecule has 3 atom stereocenters. The van der Waals surface area contributed by atoms with Crippen LogP contribution in [0.25, 0.3) is 0 Å². The van der Waals surface area contributed by atoms with Gasteiger partial charge in [0.05, 0.1) is 17.6 Å². The van der Waals surface area contributed by atoms with Crippen LogP contribution >= 0.6 is 11.8 Å². The smallest absolute Gasteiger partial charge is 0.357 e. The van der Waals surface area contributed by atoms with Crippen molar-refractivity contribution in [3.8, 4) is 5.75 Å². The number of fused-ring (bicyclic) bond motifs is 1. The second-order valence-electron chi connectivity index (χ2n) is 5.36. The number of carbonyl (C=O) groups is 3. The van der Waals surface area contributed by atoms with E-state index < -0.39 is 35.2 Å². The van der Waals surface area contributed by atoms with E-state index in [4.69, 9.17) is 9.84 Å². The third kappa shape index (κ3) is 2.51. The third-order valence-corrected chi connectivity index (χ3v) is 5.02. The molecule has 3 N–H and O–H groups in total. The van der Waals surface area contributed by atoms with Crippen molar-refractivity contribution in [1.29, 1.82) is 0 Å². The summed E-state index contributed by atoms with van der Waals surface area (Å²) in [6.45, 7) is 1.48. The number of nitrogens with zero attached hydrogens (tertiary/aromatic N) is 1. The lowest BCUT2D eigenvalue weighted by atomic mass is 9.92. The van der Waals surface area contributed by atoms with Crippen LogP contribution in [0.2, 0.25) is 0 Å². The maximum Gasteiger partial charge on any atom is 0.357 e. The molecule has 0 aromatic heterocycles. The lowest BCUT2D eigenvalue weighted by Crippen LogP contribution is -2.60. The van der Waals surface area contributed by atoms with E-state index in [1.54, 1.807) is 0 Å². The van der Waals surface area contributed by atoms with E-state index in [0.29, 0.717) is 0 Å². The molecule has 2 heterocycles. The maximum atomic E-state index is 12.1. The molecule has 1 saturated heterocycles. The molecule has 0 saturated carbocycles. The molecular weight excluding hydrogens is 338 g/mol. The van der Waals surface area contributed by atoms with E-state index >= 15 is 0 Å². The standard InChI is InChI=1S/C15H13NO7S/c1-6(17)9-11(18)16-10(14(21)22)15(24-12(9)16)23-8-4-2-7(3-5-8)13(19)20/h2-6,9,12,17H,1H3,(H,19,20)(H,21,22)/t6-,9+,12-/m1/s1. The van der Waals surface area contributed by atoms with E-state index in [2.05, 4.69) is 0 Å². The Morgan fingerprint density at radius 3 is 2.33 bits per heavy atom. The van der Waals surface area contributed by atoms with E-state index in [0.717, 1.165) is 16.7 Å². The number of thioether (sulfide) groups is 1. The Kier molecular flexibility index (Phi) is 3.98. The minimum Gasteiger partial charge on any atom is -0.478 e. The highest BCUT2D eigenvalue weighted by atomic mass is 32.2. The number of carboxylic acids is 2. The molecule has 9 heteroatoms. The zero-order chi connectivity index (χ0) is 17.6. The number of benzene rings is 1.